The lowest BCUT2D eigenvalue weighted by Crippen LogP contribution is -2.40. The number of carbonyl (C=O) groups is 1. The van der Waals surface area contributed by atoms with Crippen molar-refractivity contribution >= 4 is 17.7 Å². The van der Waals surface area contributed by atoms with Crippen LogP contribution in [0.25, 0.3) is 0 Å². The first-order valence-corrected chi connectivity index (χ1v) is 7.49. The molecule has 1 heterocycles. The van der Waals surface area contributed by atoms with Crippen molar-refractivity contribution in [3.05, 3.63) is 11.9 Å². The zero-order valence-electron chi connectivity index (χ0n) is 13.2. The van der Waals surface area contributed by atoms with E-state index in [4.69, 9.17) is 19.5 Å². The van der Waals surface area contributed by atoms with Crippen LogP contribution < -0.4 is 9.47 Å². The maximum Gasteiger partial charge on any atom is 0.331 e. The van der Waals surface area contributed by atoms with Crippen LogP contribution in [0.1, 0.15) is 26.6 Å². The second kappa shape index (κ2) is 7.84. The lowest BCUT2D eigenvalue weighted by atomic mass is 9.93. The molecule has 0 aliphatic rings. The second-order valence-electron chi connectivity index (χ2n) is 4.58. The van der Waals surface area contributed by atoms with Crippen LogP contribution >= 0.6 is 11.8 Å². The Labute approximate surface area is 134 Å². The number of rotatable bonds is 7. The highest BCUT2D eigenvalue weighted by molar-refractivity contribution is 8.05. The van der Waals surface area contributed by atoms with Crippen LogP contribution in [-0.4, -0.2) is 36.8 Å². The summed E-state index contributed by atoms with van der Waals surface area (Å²) in [6.45, 7) is 5.50. The molecule has 0 bridgehead atoms. The van der Waals surface area contributed by atoms with Crippen molar-refractivity contribution in [3.63, 3.8) is 0 Å². The molecule has 1 unspecified atom stereocenters. The van der Waals surface area contributed by atoms with Crippen LogP contribution in [0.3, 0.4) is 0 Å². The van der Waals surface area contributed by atoms with Crippen LogP contribution in [0.5, 0.6) is 11.8 Å². The number of nitriles is 1. The molecule has 22 heavy (non-hydrogen) atoms. The summed E-state index contributed by atoms with van der Waals surface area (Å²) in [4.78, 5) is 21.0. The van der Waals surface area contributed by atoms with Gasteiger partial charge in [0, 0.05) is 0 Å². The topological polar surface area (TPSA) is 94.3 Å². The number of esters is 1. The lowest BCUT2D eigenvalue weighted by molar-refractivity contribution is -0.148. The van der Waals surface area contributed by atoms with E-state index in [-0.39, 0.29) is 30.1 Å². The molecule has 7 nitrogen and oxygen atoms in total. The maximum atomic E-state index is 12.5. The monoisotopic (exact) mass is 325 g/mol. The molecule has 8 heteroatoms. The Morgan fingerprint density at radius 2 is 1.91 bits per heavy atom. The van der Waals surface area contributed by atoms with Crippen LogP contribution in [-0.2, 0) is 14.3 Å². The molecule has 1 rings (SSSR count). The number of thiocyanates is 1. The van der Waals surface area contributed by atoms with Crippen molar-refractivity contribution in [2.45, 2.75) is 25.5 Å². The molecule has 120 valence electrons. The van der Waals surface area contributed by atoms with Crippen molar-refractivity contribution in [3.8, 4) is 17.2 Å². The average molecular weight is 325 g/mol. The summed E-state index contributed by atoms with van der Waals surface area (Å²) in [6, 6.07) is 1.50. The fourth-order valence-corrected chi connectivity index (χ4v) is 2.58. The molecule has 0 amide bonds. The highest BCUT2D eigenvalue weighted by Crippen LogP contribution is 2.43. The Morgan fingerprint density at radius 1 is 1.36 bits per heavy atom. The molecule has 0 saturated heterocycles. The Bertz CT molecular complexity index is 551. The van der Waals surface area contributed by atoms with Gasteiger partial charge < -0.3 is 14.2 Å². The summed E-state index contributed by atoms with van der Waals surface area (Å²) < 4.78 is 14.0. The number of hydrogen-bond donors (Lipinski definition) is 0. The smallest absolute Gasteiger partial charge is 0.331 e. The fourth-order valence-electron chi connectivity index (χ4n) is 1.88. The largest absolute Gasteiger partial charge is 0.481 e. The normalized spacial score (nSPS) is 13.1. The number of aromatic nitrogens is 2. The Morgan fingerprint density at radius 3 is 2.27 bits per heavy atom. The zero-order chi connectivity index (χ0) is 16.8. The quantitative estimate of drug-likeness (QED) is 0.556. The van der Waals surface area contributed by atoms with E-state index in [1.807, 2.05) is 5.40 Å². The van der Waals surface area contributed by atoms with Crippen LogP contribution in [0.15, 0.2) is 6.07 Å². The number of thioether (sulfide) groups is 1. The van der Waals surface area contributed by atoms with Crippen molar-refractivity contribution in [2.75, 3.05) is 20.8 Å². The Kier molecular flexibility index (Phi) is 6.43. The molecule has 0 fully saturated rings. The minimum atomic E-state index is -1.35. The molecule has 0 aliphatic carbocycles. The molecule has 0 aliphatic heterocycles. The minimum absolute atomic E-state index is 0.128. The highest BCUT2D eigenvalue weighted by Gasteiger charge is 2.49. The van der Waals surface area contributed by atoms with E-state index >= 15 is 0 Å². The molecule has 1 aromatic rings. The van der Waals surface area contributed by atoms with E-state index in [0.29, 0.717) is 0 Å². The van der Waals surface area contributed by atoms with Crippen molar-refractivity contribution in [2.24, 2.45) is 5.92 Å². The second-order valence-corrected chi connectivity index (χ2v) is 5.61. The van der Waals surface area contributed by atoms with E-state index in [0.717, 1.165) is 11.8 Å². The predicted octanol–water partition coefficient (Wildman–Crippen LogP) is 2.12. The highest BCUT2D eigenvalue weighted by atomic mass is 32.2. The van der Waals surface area contributed by atoms with Gasteiger partial charge in [-0.3, -0.25) is 4.79 Å². The van der Waals surface area contributed by atoms with Crippen molar-refractivity contribution < 1.29 is 19.0 Å². The van der Waals surface area contributed by atoms with Gasteiger partial charge >= 0.3 is 5.97 Å². The molecule has 0 saturated carbocycles. The van der Waals surface area contributed by atoms with Gasteiger partial charge in [-0.2, -0.15) is 15.2 Å². The third-order valence-electron chi connectivity index (χ3n) is 3.03. The van der Waals surface area contributed by atoms with Crippen LogP contribution in [0, 0.1) is 16.6 Å². The van der Waals surface area contributed by atoms with E-state index in [1.165, 1.54) is 20.3 Å². The van der Waals surface area contributed by atoms with Gasteiger partial charge in [0.2, 0.25) is 11.8 Å². The Hall–Kier alpha value is -2.01. The third kappa shape index (κ3) is 3.42. The number of ether oxygens (including phenoxy) is 3. The molecule has 1 atom stereocenters. The summed E-state index contributed by atoms with van der Waals surface area (Å²) in [7, 11) is 2.90. The lowest BCUT2D eigenvalue weighted by Gasteiger charge is -2.30. The van der Waals surface area contributed by atoms with Gasteiger partial charge in [-0.25, -0.2) is 0 Å². The molecular weight excluding hydrogens is 306 g/mol. The van der Waals surface area contributed by atoms with Gasteiger partial charge in [-0.15, -0.1) is 0 Å². The first-order chi connectivity index (χ1) is 10.5. The molecule has 0 aromatic carbocycles. The first kappa shape index (κ1) is 18.0. The molecule has 1 aromatic heterocycles. The van der Waals surface area contributed by atoms with E-state index < -0.39 is 10.7 Å². The van der Waals surface area contributed by atoms with Crippen LogP contribution in [0.2, 0.25) is 0 Å². The van der Waals surface area contributed by atoms with Gasteiger partial charge in [0.25, 0.3) is 0 Å². The first-order valence-electron chi connectivity index (χ1n) is 6.68. The van der Waals surface area contributed by atoms with Crippen molar-refractivity contribution in [1.29, 1.82) is 5.26 Å². The number of nitrogens with zero attached hydrogens (tertiary/aromatic N) is 3. The molecule has 0 spiro atoms. The summed E-state index contributed by atoms with van der Waals surface area (Å²) in [5, 5.41) is 11.1. The predicted molar refractivity (Wildman–Crippen MR) is 81.5 cm³/mol. The molecular formula is C14H19N3O4S. The van der Waals surface area contributed by atoms with Crippen LogP contribution in [0.4, 0.5) is 0 Å². The summed E-state index contributed by atoms with van der Waals surface area (Å²) in [5.41, 5.74) is 0. The van der Waals surface area contributed by atoms with E-state index in [9.17, 15) is 4.79 Å². The Balaban J connectivity index is 3.56. The summed E-state index contributed by atoms with van der Waals surface area (Å²) >= 11 is 0.766. The maximum absolute atomic E-state index is 12.5. The molecule has 0 N–H and O–H groups in total. The number of methoxy groups -OCH3 is 2. The summed E-state index contributed by atoms with van der Waals surface area (Å²) in [6.07, 6.45) is 0. The average Bonchev–Trinajstić information content (AvgIpc) is 2.51. The number of hydrogen-bond acceptors (Lipinski definition) is 8. The van der Waals surface area contributed by atoms with Gasteiger partial charge in [-0.1, -0.05) is 13.8 Å². The fraction of sp³-hybridized carbons (Fsp3) is 0.571. The van der Waals surface area contributed by atoms with E-state index in [2.05, 4.69) is 9.97 Å². The van der Waals surface area contributed by atoms with Gasteiger partial charge in [0.1, 0.15) is 5.40 Å². The van der Waals surface area contributed by atoms with Gasteiger partial charge in [0.05, 0.1) is 26.9 Å². The molecule has 0 radical (unpaired) electrons. The number of carbonyl (C=O) groups excluding carboxylic acids is 1. The zero-order valence-corrected chi connectivity index (χ0v) is 14.1. The van der Waals surface area contributed by atoms with E-state index in [1.54, 1.807) is 20.8 Å². The SMILES string of the molecule is CCOC(=O)C(SC#N)(c1nc(OC)cc(OC)n1)C(C)C. The summed E-state index contributed by atoms with van der Waals surface area (Å²) in [5.74, 6) is -0.229. The van der Waals surface area contributed by atoms with Gasteiger partial charge in [0.15, 0.2) is 10.6 Å². The minimum Gasteiger partial charge on any atom is -0.481 e. The van der Waals surface area contributed by atoms with Gasteiger partial charge in [-0.05, 0) is 24.6 Å². The van der Waals surface area contributed by atoms with Crippen molar-refractivity contribution in [1.82, 2.24) is 9.97 Å². The standard InChI is InChI=1S/C14H19N3O4S/c1-6-21-13(18)14(9(2)3,22-8-15)12-16-10(19-4)7-11(17-12)20-5/h7,9H,6H2,1-5H3. The third-order valence-corrected chi connectivity index (χ3v) is 4.26.